The van der Waals surface area contributed by atoms with Crippen LogP contribution in [0.4, 0.5) is 0 Å². The van der Waals surface area contributed by atoms with E-state index in [-0.39, 0.29) is 11.8 Å². The summed E-state index contributed by atoms with van der Waals surface area (Å²) >= 11 is 1.39. The van der Waals surface area contributed by atoms with Gasteiger partial charge in [0, 0.05) is 30.4 Å². The van der Waals surface area contributed by atoms with E-state index in [1.807, 2.05) is 43.3 Å². The second-order valence-corrected chi connectivity index (χ2v) is 6.91. The van der Waals surface area contributed by atoms with Gasteiger partial charge in [0.25, 0.3) is 11.8 Å². The second kappa shape index (κ2) is 9.66. The number of pyridine rings is 1. The van der Waals surface area contributed by atoms with Crippen LogP contribution >= 0.6 is 11.3 Å². The molecule has 28 heavy (non-hydrogen) atoms. The van der Waals surface area contributed by atoms with Crippen molar-refractivity contribution in [2.75, 3.05) is 19.7 Å². The first-order chi connectivity index (χ1) is 13.7. The predicted octanol–water partition coefficient (Wildman–Crippen LogP) is 3.37. The fraction of sp³-hybridized carbons (Fsp3) is 0.190. The summed E-state index contributed by atoms with van der Waals surface area (Å²) in [7, 11) is 0. The largest absolute Gasteiger partial charge is 0.492 e. The average molecular weight is 395 g/mol. The quantitative estimate of drug-likeness (QED) is 0.573. The van der Waals surface area contributed by atoms with Gasteiger partial charge < -0.3 is 15.4 Å². The molecule has 144 valence electrons. The van der Waals surface area contributed by atoms with Crippen LogP contribution in [0, 0.1) is 0 Å². The Labute approximate surface area is 167 Å². The number of thiophene rings is 1. The fourth-order valence-corrected chi connectivity index (χ4v) is 3.59. The molecule has 0 saturated carbocycles. The Hall–Kier alpha value is -3.19. The average Bonchev–Trinajstić information content (AvgIpc) is 3.16. The zero-order chi connectivity index (χ0) is 19.8. The van der Waals surface area contributed by atoms with Gasteiger partial charge in [-0.1, -0.05) is 30.3 Å². The van der Waals surface area contributed by atoms with Crippen LogP contribution in [-0.4, -0.2) is 36.5 Å². The first-order valence-corrected chi connectivity index (χ1v) is 9.79. The maximum atomic E-state index is 12.6. The minimum Gasteiger partial charge on any atom is -0.492 e. The monoisotopic (exact) mass is 395 g/mol. The van der Waals surface area contributed by atoms with Crippen LogP contribution in [0.2, 0.25) is 0 Å². The molecule has 0 fully saturated rings. The molecule has 3 aromatic rings. The van der Waals surface area contributed by atoms with Gasteiger partial charge in [0.2, 0.25) is 0 Å². The Kier molecular flexibility index (Phi) is 6.75. The number of carbonyl (C=O) groups is 2. The van der Waals surface area contributed by atoms with E-state index in [0.717, 1.165) is 10.4 Å². The number of carbonyl (C=O) groups excluding carboxylic acids is 2. The maximum absolute atomic E-state index is 12.6. The van der Waals surface area contributed by atoms with Crippen LogP contribution in [0.15, 0.2) is 60.9 Å². The van der Waals surface area contributed by atoms with E-state index in [1.54, 1.807) is 18.3 Å². The molecule has 3 rings (SSSR count). The van der Waals surface area contributed by atoms with Gasteiger partial charge in [0.05, 0.1) is 12.2 Å². The Morgan fingerprint density at radius 3 is 2.46 bits per heavy atom. The van der Waals surface area contributed by atoms with E-state index < -0.39 is 0 Å². The molecule has 0 spiro atoms. The van der Waals surface area contributed by atoms with Crippen molar-refractivity contribution in [2.24, 2.45) is 0 Å². The van der Waals surface area contributed by atoms with E-state index in [1.165, 1.54) is 17.5 Å². The zero-order valence-electron chi connectivity index (χ0n) is 15.5. The highest BCUT2D eigenvalue weighted by molar-refractivity contribution is 7.17. The molecule has 2 aromatic heterocycles. The van der Waals surface area contributed by atoms with Gasteiger partial charge in [-0.2, -0.15) is 0 Å². The molecule has 0 saturated heterocycles. The van der Waals surface area contributed by atoms with Gasteiger partial charge in [-0.25, -0.2) is 0 Å². The summed E-state index contributed by atoms with van der Waals surface area (Å²) in [5.41, 5.74) is 1.52. The molecule has 2 N–H and O–H groups in total. The summed E-state index contributed by atoms with van der Waals surface area (Å²) in [6.45, 7) is 3.00. The minimum atomic E-state index is -0.222. The maximum Gasteiger partial charge on any atom is 0.265 e. The Morgan fingerprint density at radius 2 is 1.79 bits per heavy atom. The number of aromatic nitrogens is 1. The third-order valence-corrected chi connectivity index (χ3v) is 5.05. The van der Waals surface area contributed by atoms with Gasteiger partial charge in [0.15, 0.2) is 0 Å². The molecule has 7 heteroatoms. The molecule has 0 unspecified atom stereocenters. The molecule has 0 aliphatic heterocycles. The van der Waals surface area contributed by atoms with Crippen LogP contribution in [0.5, 0.6) is 5.75 Å². The van der Waals surface area contributed by atoms with E-state index in [0.29, 0.717) is 35.9 Å². The van der Waals surface area contributed by atoms with Crippen molar-refractivity contribution in [3.05, 3.63) is 71.4 Å². The molecule has 1 aromatic carbocycles. The smallest absolute Gasteiger partial charge is 0.265 e. The Bertz CT molecular complexity index is 927. The van der Waals surface area contributed by atoms with Crippen molar-refractivity contribution < 1.29 is 14.3 Å². The van der Waals surface area contributed by atoms with Gasteiger partial charge in [-0.15, -0.1) is 11.3 Å². The summed E-state index contributed by atoms with van der Waals surface area (Å²) < 4.78 is 5.64. The highest BCUT2D eigenvalue weighted by Crippen LogP contribution is 2.36. The molecule has 0 radical (unpaired) electrons. The third kappa shape index (κ3) is 4.95. The van der Waals surface area contributed by atoms with Crippen molar-refractivity contribution in [3.8, 4) is 16.2 Å². The molecule has 2 heterocycles. The van der Waals surface area contributed by atoms with Gasteiger partial charge in [-0.05, 0) is 30.7 Å². The lowest BCUT2D eigenvalue weighted by atomic mass is 10.2. The zero-order valence-corrected chi connectivity index (χ0v) is 16.3. The summed E-state index contributed by atoms with van der Waals surface area (Å²) in [6, 6.07) is 15.1. The van der Waals surface area contributed by atoms with E-state index in [4.69, 9.17) is 4.74 Å². The molecule has 0 aliphatic rings. The van der Waals surface area contributed by atoms with E-state index in [9.17, 15) is 9.59 Å². The number of benzene rings is 1. The first-order valence-electron chi connectivity index (χ1n) is 8.97. The van der Waals surface area contributed by atoms with Crippen molar-refractivity contribution in [1.82, 2.24) is 15.6 Å². The third-order valence-electron chi connectivity index (χ3n) is 3.88. The number of hydrogen-bond donors (Lipinski definition) is 2. The number of hydrogen-bond acceptors (Lipinski definition) is 5. The van der Waals surface area contributed by atoms with Crippen molar-refractivity contribution in [1.29, 1.82) is 0 Å². The normalized spacial score (nSPS) is 10.3. The lowest BCUT2D eigenvalue weighted by Gasteiger charge is -2.07. The van der Waals surface area contributed by atoms with Crippen molar-refractivity contribution in [2.45, 2.75) is 6.92 Å². The van der Waals surface area contributed by atoms with Gasteiger partial charge in [-0.3, -0.25) is 14.6 Å². The molecular weight excluding hydrogens is 374 g/mol. The Balaban J connectivity index is 1.59. The van der Waals surface area contributed by atoms with Crippen molar-refractivity contribution >= 4 is 23.2 Å². The molecule has 2 amide bonds. The van der Waals surface area contributed by atoms with Gasteiger partial charge in [0.1, 0.15) is 10.6 Å². The fourth-order valence-electron chi connectivity index (χ4n) is 2.57. The van der Waals surface area contributed by atoms with Crippen LogP contribution < -0.4 is 15.4 Å². The number of nitrogens with zero attached hydrogens (tertiary/aromatic N) is 1. The van der Waals surface area contributed by atoms with Gasteiger partial charge >= 0.3 is 0 Å². The highest BCUT2D eigenvalue weighted by atomic mass is 32.1. The van der Waals surface area contributed by atoms with Crippen LogP contribution in [0.25, 0.3) is 10.4 Å². The van der Waals surface area contributed by atoms with Crippen LogP contribution in [-0.2, 0) is 0 Å². The highest BCUT2D eigenvalue weighted by Gasteiger charge is 2.18. The summed E-state index contributed by atoms with van der Waals surface area (Å²) in [4.78, 5) is 30.0. The molecule has 6 nitrogen and oxygen atoms in total. The summed E-state index contributed by atoms with van der Waals surface area (Å²) in [5.74, 6) is 0.134. The van der Waals surface area contributed by atoms with E-state index in [2.05, 4.69) is 15.6 Å². The molecule has 0 atom stereocenters. The number of ether oxygens (including phenoxy) is 1. The lowest BCUT2D eigenvalue weighted by molar-refractivity contribution is 0.0927. The van der Waals surface area contributed by atoms with Crippen LogP contribution in [0.3, 0.4) is 0 Å². The number of rotatable bonds is 8. The lowest BCUT2D eigenvalue weighted by Crippen LogP contribution is -2.34. The van der Waals surface area contributed by atoms with E-state index >= 15 is 0 Å². The molecule has 0 aliphatic carbocycles. The molecular formula is C21H21N3O3S. The summed E-state index contributed by atoms with van der Waals surface area (Å²) in [6.07, 6.45) is 3.11. The number of amides is 2. The summed E-state index contributed by atoms with van der Waals surface area (Å²) in [5, 5.41) is 5.59. The van der Waals surface area contributed by atoms with Crippen molar-refractivity contribution in [3.63, 3.8) is 0 Å². The first kappa shape index (κ1) is 19.6. The topological polar surface area (TPSA) is 80.3 Å². The standard InChI is InChI=1S/C21H21N3O3S/c1-2-27-17-13-18(15-7-4-3-5-8-15)28-19(17)21(26)24-12-11-23-20(25)16-9-6-10-22-14-16/h3-10,13-14H,2,11-12H2,1H3,(H,23,25)(H,24,26). The molecule has 0 bridgehead atoms. The Morgan fingerprint density at radius 1 is 1.04 bits per heavy atom. The van der Waals surface area contributed by atoms with Crippen LogP contribution in [0.1, 0.15) is 27.0 Å². The second-order valence-electron chi connectivity index (χ2n) is 5.86. The minimum absolute atomic E-state index is 0.216. The number of nitrogens with one attached hydrogen (secondary N) is 2. The SMILES string of the molecule is CCOc1cc(-c2ccccc2)sc1C(=O)NCCNC(=O)c1cccnc1. The predicted molar refractivity (Wildman–Crippen MR) is 110 cm³/mol.